The van der Waals surface area contributed by atoms with Crippen molar-refractivity contribution in [2.45, 2.75) is 19.3 Å². The molecule has 0 aliphatic rings. The summed E-state index contributed by atoms with van der Waals surface area (Å²) in [6.45, 7) is 0. The molecule has 0 saturated carbocycles. The van der Waals surface area contributed by atoms with E-state index in [0.29, 0.717) is 5.56 Å². The third-order valence-corrected chi connectivity index (χ3v) is 3.78. The van der Waals surface area contributed by atoms with Crippen LogP contribution >= 0.6 is 0 Å². The number of aromatic nitrogens is 2. The van der Waals surface area contributed by atoms with E-state index in [-0.39, 0.29) is 0 Å². The molecule has 0 N–H and O–H groups in total. The summed E-state index contributed by atoms with van der Waals surface area (Å²) >= 11 is 0. The minimum absolute atomic E-state index is 0.615. The van der Waals surface area contributed by atoms with Crippen LogP contribution in [0.25, 0.3) is 11.4 Å². The van der Waals surface area contributed by atoms with E-state index in [9.17, 15) is 4.79 Å². The summed E-state index contributed by atoms with van der Waals surface area (Å²) in [6, 6.07) is 18.0. The highest BCUT2D eigenvalue weighted by Gasteiger charge is 2.03. The van der Waals surface area contributed by atoms with Crippen molar-refractivity contribution in [3.63, 3.8) is 0 Å². The fourth-order valence-corrected chi connectivity index (χ4v) is 2.53. The molecule has 0 bridgehead atoms. The van der Waals surface area contributed by atoms with Crippen LogP contribution in [-0.2, 0) is 12.8 Å². The number of rotatable bonds is 6. The first-order valence-corrected chi connectivity index (χ1v) is 7.75. The first kappa shape index (κ1) is 15.1. The molecule has 0 saturated heterocycles. The van der Waals surface area contributed by atoms with Gasteiger partial charge < -0.3 is 0 Å². The number of aldehydes is 1. The van der Waals surface area contributed by atoms with Crippen LogP contribution in [0.4, 0.5) is 0 Å². The van der Waals surface area contributed by atoms with Crippen LogP contribution in [0, 0.1) is 0 Å². The van der Waals surface area contributed by atoms with Crippen LogP contribution in [0.1, 0.15) is 27.9 Å². The lowest BCUT2D eigenvalue weighted by molar-refractivity contribution is 0.112. The van der Waals surface area contributed by atoms with Crippen molar-refractivity contribution in [1.82, 2.24) is 9.97 Å². The molecule has 23 heavy (non-hydrogen) atoms. The van der Waals surface area contributed by atoms with Gasteiger partial charge in [-0.25, -0.2) is 0 Å². The van der Waals surface area contributed by atoms with Gasteiger partial charge >= 0.3 is 0 Å². The van der Waals surface area contributed by atoms with Gasteiger partial charge in [0.2, 0.25) is 0 Å². The number of carbonyl (C=O) groups excluding carboxylic acids is 1. The quantitative estimate of drug-likeness (QED) is 0.643. The second kappa shape index (κ2) is 7.45. The number of hydrogen-bond acceptors (Lipinski definition) is 3. The van der Waals surface area contributed by atoms with Crippen molar-refractivity contribution in [2.75, 3.05) is 0 Å². The highest BCUT2D eigenvalue weighted by Crippen LogP contribution is 2.16. The van der Waals surface area contributed by atoms with E-state index in [4.69, 9.17) is 0 Å². The predicted octanol–water partition coefficient (Wildman–Crippen LogP) is 4.13. The van der Waals surface area contributed by atoms with Crippen LogP contribution in [-0.4, -0.2) is 16.3 Å². The number of aryl methyl sites for hydroxylation is 2. The average molecular weight is 302 g/mol. The molecular weight excluding hydrogens is 284 g/mol. The van der Waals surface area contributed by atoms with Gasteiger partial charge in [-0.3, -0.25) is 14.8 Å². The third kappa shape index (κ3) is 4.10. The number of hydrogen-bond donors (Lipinski definition) is 0. The standard InChI is InChI=1S/C20H18N2O/c23-15-18-11-12-21-20(13-18)19-10-9-17(14-22-19)8-4-7-16-5-2-1-3-6-16/h1-3,5-6,9-15H,4,7-8H2. The van der Waals surface area contributed by atoms with Crippen LogP contribution in [0.2, 0.25) is 0 Å². The Hall–Kier alpha value is -2.81. The van der Waals surface area contributed by atoms with E-state index in [1.54, 1.807) is 18.3 Å². The molecule has 114 valence electrons. The molecule has 2 heterocycles. The molecule has 0 radical (unpaired) electrons. The minimum atomic E-state index is 0.615. The molecular formula is C20H18N2O. The smallest absolute Gasteiger partial charge is 0.150 e. The van der Waals surface area contributed by atoms with E-state index >= 15 is 0 Å². The van der Waals surface area contributed by atoms with Gasteiger partial charge in [0.15, 0.2) is 0 Å². The second-order valence-electron chi connectivity index (χ2n) is 5.48. The van der Waals surface area contributed by atoms with Gasteiger partial charge in [-0.15, -0.1) is 0 Å². The second-order valence-corrected chi connectivity index (χ2v) is 5.48. The van der Waals surface area contributed by atoms with Gasteiger partial charge in [-0.1, -0.05) is 36.4 Å². The van der Waals surface area contributed by atoms with Crippen molar-refractivity contribution < 1.29 is 4.79 Å². The number of pyridine rings is 2. The summed E-state index contributed by atoms with van der Waals surface area (Å²) in [5.41, 5.74) is 4.72. The normalized spacial score (nSPS) is 10.4. The molecule has 0 atom stereocenters. The zero-order valence-electron chi connectivity index (χ0n) is 12.9. The Morgan fingerprint density at radius 3 is 2.39 bits per heavy atom. The Morgan fingerprint density at radius 2 is 1.65 bits per heavy atom. The lowest BCUT2D eigenvalue weighted by Crippen LogP contribution is -1.93. The zero-order chi connectivity index (χ0) is 15.9. The van der Waals surface area contributed by atoms with Crippen molar-refractivity contribution in [2.24, 2.45) is 0 Å². The van der Waals surface area contributed by atoms with Gasteiger partial charge in [-0.05, 0) is 48.6 Å². The molecule has 3 rings (SSSR count). The van der Waals surface area contributed by atoms with Gasteiger partial charge in [0, 0.05) is 18.0 Å². The largest absolute Gasteiger partial charge is 0.298 e. The SMILES string of the molecule is O=Cc1ccnc(-c2ccc(CCCc3ccccc3)cn2)c1. The fourth-order valence-electron chi connectivity index (χ4n) is 2.53. The maximum Gasteiger partial charge on any atom is 0.150 e. The molecule has 0 aliphatic heterocycles. The summed E-state index contributed by atoms with van der Waals surface area (Å²) in [5, 5.41) is 0. The van der Waals surface area contributed by atoms with Crippen molar-refractivity contribution in [3.05, 3.63) is 83.7 Å². The summed E-state index contributed by atoms with van der Waals surface area (Å²) in [6.07, 6.45) is 7.53. The zero-order valence-corrected chi connectivity index (χ0v) is 12.9. The van der Waals surface area contributed by atoms with E-state index in [1.165, 1.54) is 11.1 Å². The van der Waals surface area contributed by atoms with Gasteiger partial charge in [0.1, 0.15) is 6.29 Å². The fraction of sp³-hybridized carbons (Fsp3) is 0.150. The Balaban J connectivity index is 1.61. The molecule has 3 aromatic rings. The highest BCUT2D eigenvalue weighted by molar-refractivity contribution is 5.76. The Morgan fingerprint density at radius 1 is 0.826 bits per heavy atom. The molecule has 0 aliphatic carbocycles. The lowest BCUT2D eigenvalue weighted by Gasteiger charge is -2.04. The summed E-state index contributed by atoms with van der Waals surface area (Å²) < 4.78 is 0. The summed E-state index contributed by atoms with van der Waals surface area (Å²) in [4.78, 5) is 19.6. The molecule has 0 fully saturated rings. The summed E-state index contributed by atoms with van der Waals surface area (Å²) in [5.74, 6) is 0. The molecule has 0 amide bonds. The van der Waals surface area contributed by atoms with Crippen LogP contribution < -0.4 is 0 Å². The monoisotopic (exact) mass is 302 g/mol. The number of nitrogens with zero attached hydrogens (tertiary/aromatic N) is 2. The number of benzene rings is 1. The molecule has 2 aromatic heterocycles. The molecule has 0 spiro atoms. The van der Waals surface area contributed by atoms with Crippen molar-refractivity contribution in [1.29, 1.82) is 0 Å². The van der Waals surface area contributed by atoms with E-state index in [1.807, 2.05) is 18.3 Å². The first-order valence-electron chi connectivity index (χ1n) is 7.75. The van der Waals surface area contributed by atoms with Gasteiger partial charge in [0.25, 0.3) is 0 Å². The van der Waals surface area contributed by atoms with E-state index in [2.05, 4.69) is 40.3 Å². The van der Waals surface area contributed by atoms with Crippen molar-refractivity contribution in [3.8, 4) is 11.4 Å². The number of carbonyl (C=O) groups is 1. The molecule has 3 heteroatoms. The van der Waals surface area contributed by atoms with E-state index in [0.717, 1.165) is 36.9 Å². The molecule has 1 aromatic carbocycles. The summed E-state index contributed by atoms with van der Waals surface area (Å²) in [7, 11) is 0. The van der Waals surface area contributed by atoms with Crippen LogP contribution in [0.5, 0.6) is 0 Å². The molecule has 0 unspecified atom stereocenters. The Kier molecular flexibility index (Phi) is 4.89. The van der Waals surface area contributed by atoms with Gasteiger partial charge in [0.05, 0.1) is 11.4 Å². The maximum atomic E-state index is 10.8. The molecule has 3 nitrogen and oxygen atoms in total. The Bertz CT molecular complexity index is 767. The van der Waals surface area contributed by atoms with E-state index < -0.39 is 0 Å². The van der Waals surface area contributed by atoms with Crippen LogP contribution in [0.15, 0.2) is 67.0 Å². The maximum absolute atomic E-state index is 10.8. The minimum Gasteiger partial charge on any atom is -0.298 e. The topological polar surface area (TPSA) is 42.9 Å². The van der Waals surface area contributed by atoms with Crippen molar-refractivity contribution >= 4 is 6.29 Å². The lowest BCUT2D eigenvalue weighted by atomic mass is 10.0. The highest BCUT2D eigenvalue weighted by atomic mass is 16.1. The van der Waals surface area contributed by atoms with Crippen LogP contribution in [0.3, 0.4) is 0 Å². The Labute approximate surface area is 136 Å². The predicted molar refractivity (Wildman–Crippen MR) is 91.3 cm³/mol. The third-order valence-electron chi connectivity index (χ3n) is 3.78. The average Bonchev–Trinajstić information content (AvgIpc) is 2.63. The van der Waals surface area contributed by atoms with Gasteiger partial charge in [-0.2, -0.15) is 0 Å². The first-order chi connectivity index (χ1) is 11.3.